The number of pyridine rings is 2. The van der Waals surface area contributed by atoms with Crippen molar-refractivity contribution in [2.45, 2.75) is 43.5 Å². The van der Waals surface area contributed by atoms with Gasteiger partial charge in [-0.3, -0.25) is 14.9 Å². The zero-order valence-corrected chi connectivity index (χ0v) is 23.5. The van der Waals surface area contributed by atoms with Gasteiger partial charge in [-0.05, 0) is 36.2 Å². The summed E-state index contributed by atoms with van der Waals surface area (Å²) in [6.07, 6.45) is -0.0551. The molecule has 0 unspecified atom stereocenters. The Labute approximate surface area is 242 Å². The molecular weight excluding hydrogens is 587 g/mol. The summed E-state index contributed by atoms with van der Waals surface area (Å²) >= 11 is 0. The fourth-order valence-electron chi connectivity index (χ4n) is 5.52. The second-order valence-corrected chi connectivity index (χ2v) is 11.9. The standard InChI is InChI=1S/C28H23FN4O9S/c1-3-28(36)20-9-23-25-18(12-32(23)26(34)19(20)13-42-27(28)35)17(16-8-24(41-2)21(29)10-22(16)31-25)11-30-43(39,40)15-6-4-14(5-7-15)33(37)38/h4-10,30,36H,3,11-13H2,1-2H3/t28-/m0/s1. The zero-order valence-electron chi connectivity index (χ0n) is 22.7. The summed E-state index contributed by atoms with van der Waals surface area (Å²) in [6, 6.07) is 8.35. The van der Waals surface area contributed by atoms with Crippen LogP contribution in [0.2, 0.25) is 0 Å². The fourth-order valence-corrected chi connectivity index (χ4v) is 6.51. The van der Waals surface area contributed by atoms with Gasteiger partial charge in [-0.25, -0.2) is 27.3 Å². The topological polar surface area (TPSA) is 180 Å². The van der Waals surface area contributed by atoms with Crippen LogP contribution < -0.4 is 15.0 Å². The highest BCUT2D eigenvalue weighted by Crippen LogP contribution is 2.41. The molecule has 43 heavy (non-hydrogen) atoms. The van der Waals surface area contributed by atoms with Crippen molar-refractivity contribution in [2.24, 2.45) is 0 Å². The summed E-state index contributed by atoms with van der Waals surface area (Å²) in [5, 5.41) is 22.5. The molecule has 2 N–H and O–H groups in total. The molecule has 1 atom stereocenters. The van der Waals surface area contributed by atoms with Gasteiger partial charge in [0.1, 0.15) is 6.61 Å². The average molecular weight is 611 g/mol. The molecule has 0 radical (unpaired) electrons. The number of methoxy groups -OCH3 is 1. The molecule has 0 spiro atoms. The zero-order chi connectivity index (χ0) is 30.8. The monoisotopic (exact) mass is 610 g/mol. The van der Waals surface area contributed by atoms with Gasteiger partial charge in [0.2, 0.25) is 10.0 Å². The minimum absolute atomic E-state index is 0.0352. The van der Waals surface area contributed by atoms with Crippen molar-refractivity contribution in [3.63, 3.8) is 0 Å². The molecule has 0 bridgehead atoms. The van der Waals surface area contributed by atoms with Crippen LogP contribution >= 0.6 is 0 Å². The molecule has 6 rings (SSSR count). The third-order valence-electron chi connectivity index (χ3n) is 7.88. The van der Waals surface area contributed by atoms with E-state index in [4.69, 9.17) is 9.47 Å². The van der Waals surface area contributed by atoms with Crippen LogP contribution in [0.3, 0.4) is 0 Å². The van der Waals surface area contributed by atoms with E-state index in [2.05, 4.69) is 9.71 Å². The van der Waals surface area contributed by atoms with Crippen molar-refractivity contribution in [1.82, 2.24) is 14.3 Å². The number of carbonyl (C=O) groups excluding carboxylic acids is 1. The molecule has 13 nitrogen and oxygen atoms in total. The molecular formula is C28H23FN4O9S. The minimum atomic E-state index is -4.18. The summed E-state index contributed by atoms with van der Waals surface area (Å²) < 4.78 is 55.3. The van der Waals surface area contributed by atoms with E-state index in [1.165, 1.54) is 23.8 Å². The second kappa shape index (κ2) is 9.93. The van der Waals surface area contributed by atoms with Gasteiger partial charge in [-0.15, -0.1) is 0 Å². The maximum atomic E-state index is 14.8. The molecule has 2 aromatic heterocycles. The van der Waals surface area contributed by atoms with Gasteiger partial charge < -0.3 is 19.1 Å². The van der Waals surface area contributed by atoms with E-state index in [-0.39, 0.29) is 70.5 Å². The Morgan fingerprint density at radius 3 is 2.58 bits per heavy atom. The molecule has 2 aromatic carbocycles. The number of rotatable bonds is 7. The predicted molar refractivity (Wildman–Crippen MR) is 148 cm³/mol. The van der Waals surface area contributed by atoms with Gasteiger partial charge in [0.25, 0.3) is 11.2 Å². The normalized spacial score (nSPS) is 17.3. The van der Waals surface area contributed by atoms with Crippen LogP contribution in [0.15, 0.2) is 52.2 Å². The van der Waals surface area contributed by atoms with E-state index >= 15 is 0 Å². The molecule has 15 heteroatoms. The number of fused-ring (bicyclic) bond motifs is 5. The van der Waals surface area contributed by atoms with Crippen LogP contribution in [0, 0.1) is 15.9 Å². The van der Waals surface area contributed by atoms with Crippen molar-refractivity contribution in [1.29, 1.82) is 0 Å². The Hall–Kier alpha value is -4.73. The second-order valence-electron chi connectivity index (χ2n) is 10.1. The molecule has 0 fully saturated rings. The number of nitrogens with one attached hydrogen (secondary N) is 1. The minimum Gasteiger partial charge on any atom is -0.494 e. The van der Waals surface area contributed by atoms with Crippen LogP contribution in [0.4, 0.5) is 10.1 Å². The van der Waals surface area contributed by atoms with Crippen LogP contribution in [-0.2, 0) is 44.9 Å². The lowest BCUT2D eigenvalue weighted by Crippen LogP contribution is -2.44. The van der Waals surface area contributed by atoms with Crippen LogP contribution in [0.1, 0.15) is 35.6 Å². The van der Waals surface area contributed by atoms with Gasteiger partial charge in [-0.1, -0.05) is 6.92 Å². The molecule has 222 valence electrons. The molecule has 0 saturated carbocycles. The highest BCUT2D eigenvalue weighted by Gasteiger charge is 2.45. The van der Waals surface area contributed by atoms with Crippen molar-refractivity contribution >= 4 is 32.6 Å². The summed E-state index contributed by atoms with van der Waals surface area (Å²) in [6.45, 7) is 0.892. The number of hydrogen-bond acceptors (Lipinski definition) is 10. The maximum Gasteiger partial charge on any atom is 0.343 e. The highest BCUT2D eigenvalue weighted by molar-refractivity contribution is 7.89. The Kier molecular flexibility index (Phi) is 6.56. The number of halogens is 1. The number of nitro groups is 1. The van der Waals surface area contributed by atoms with Gasteiger partial charge in [-0.2, -0.15) is 0 Å². The lowest BCUT2D eigenvalue weighted by molar-refractivity contribution is -0.384. The van der Waals surface area contributed by atoms with Crippen molar-refractivity contribution in [2.75, 3.05) is 7.11 Å². The lowest BCUT2D eigenvalue weighted by atomic mass is 9.86. The Balaban J connectivity index is 1.51. The number of sulfonamides is 1. The number of non-ortho nitro benzene ring substituents is 1. The first-order chi connectivity index (χ1) is 20.4. The largest absolute Gasteiger partial charge is 0.494 e. The third kappa shape index (κ3) is 4.35. The highest BCUT2D eigenvalue weighted by atomic mass is 32.2. The Morgan fingerprint density at radius 1 is 1.21 bits per heavy atom. The number of ether oxygens (including phenoxy) is 2. The molecule has 0 amide bonds. The lowest BCUT2D eigenvalue weighted by Gasteiger charge is -2.31. The summed E-state index contributed by atoms with van der Waals surface area (Å²) in [5.41, 5.74) is -1.15. The number of nitro benzene ring substituents is 1. The summed E-state index contributed by atoms with van der Waals surface area (Å²) in [5.74, 6) is -1.71. The van der Waals surface area contributed by atoms with Crippen molar-refractivity contribution in [3.8, 4) is 17.1 Å². The first-order valence-corrected chi connectivity index (χ1v) is 14.5. The van der Waals surface area contributed by atoms with Gasteiger partial charge in [0.05, 0.1) is 45.9 Å². The fraction of sp³-hybridized carbons (Fsp3) is 0.250. The van der Waals surface area contributed by atoms with Crippen molar-refractivity contribution in [3.05, 3.63) is 91.0 Å². The molecule has 0 saturated heterocycles. The van der Waals surface area contributed by atoms with Gasteiger partial charge >= 0.3 is 5.97 Å². The number of aromatic nitrogens is 2. The van der Waals surface area contributed by atoms with E-state index < -0.39 is 37.9 Å². The van der Waals surface area contributed by atoms with Gasteiger partial charge in [0, 0.05) is 41.3 Å². The van der Waals surface area contributed by atoms with E-state index in [9.17, 15) is 37.6 Å². The van der Waals surface area contributed by atoms with E-state index in [1.54, 1.807) is 6.92 Å². The van der Waals surface area contributed by atoms with Crippen molar-refractivity contribution < 1.29 is 37.1 Å². The molecule has 4 heterocycles. The predicted octanol–water partition coefficient (Wildman–Crippen LogP) is 2.61. The number of carbonyl (C=O) groups is 1. The number of benzene rings is 2. The number of hydrogen-bond donors (Lipinski definition) is 2. The first kappa shape index (κ1) is 28.4. The number of cyclic esters (lactones) is 1. The van der Waals surface area contributed by atoms with Crippen LogP contribution in [-0.4, -0.2) is 41.1 Å². The maximum absolute atomic E-state index is 14.8. The van der Waals surface area contributed by atoms with Crippen LogP contribution in [0.25, 0.3) is 22.3 Å². The number of aliphatic hydroxyl groups is 1. The summed E-state index contributed by atoms with van der Waals surface area (Å²) in [4.78, 5) is 40.8. The van der Waals surface area contributed by atoms with Crippen LogP contribution in [0.5, 0.6) is 5.75 Å². The van der Waals surface area contributed by atoms with E-state index in [0.717, 1.165) is 30.3 Å². The van der Waals surface area contributed by atoms with Gasteiger partial charge in [0.15, 0.2) is 17.2 Å². The third-order valence-corrected chi connectivity index (χ3v) is 9.29. The molecule has 0 aliphatic carbocycles. The Morgan fingerprint density at radius 2 is 1.93 bits per heavy atom. The number of esters is 1. The average Bonchev–Trinajstić information content (AvgIpc) is 3.35. The Bertz CT molecular complexity index is 2040. The quantitative estimate of drug-likeness (QED) is 0.158. The number of nitrogens with zero attached hydrogens (tertiary/aromatic N) is 3. The smallest absolute Gasteiger partial charge is 0.343 e. The van der Waals surface area contributed by atoms with E-state index in [0.29, 0.717) is 16.5 Å². The summed E-state index contributed by atoms with van der Waals surface area (Å²) in [7, 11) is -2.90. The molecule has 2 aliphatic heterocycles. The van der Waals surface area contributed by atoms with E-state index in [1.807, 2.05) is 0 Å². The first-order valence-electron chi connectivity index (χ1n) is 13.0. The SMILES string of the molecule is CC[C@@]1(O)C(=O)OCc2c1cc1n(c2=O)Cc2c-1nc1cc(F)c(OC)cc1c2CNS(=O)(=O)c1ccc([N+](=O)[O-])cc1. The molecule has 4 aromatic rings. The molecule has 2 aliphatic rings.